The van der Waals surface area contributed by atoms with Crippen molar-refractivity contribution in [2.75, 3.05) is 18.5 Å². The lowest BCUT2D eigenvalue weighted by Gasteiger charge is -2.28. The number of aliphatic hydroxyl groups is 2. The van der Waals surface area contributed by atoms with E-state index in [4.69, 9.17) is 16.3 Å². The largest absolute Gasteiger partial charge is 0.488 e. The fourth-order valence-corrected chi connectivity index (χ4v) is 4.19. The second-order valence-electron chi connectivity index (χ2n) is 8.30. The van der Waals surface area contributed by atoms with Crippen molar-refractivity contribution in [1.82, 2.24) is 0 Å². The van der Waals surface area contributed by atoms with Crippen LogP contribution >= 0.6 is 11.6 Å². The van der Waals surface area contributed by atoms with E-state index < -0.39 is 23.8 Å². The van der Waals surface area contributed by atoms with Gasteiger partial charge in [0, 0.05) is 29.6 Å². The predicted octanol–water partition coefficient (Wildman–Crippen LogP) is 4.21. The van der Waals surface area contributed by atoms with Gasteiger partial charge in [0.2, 0.25) is 0 Å². The lowest BCUT2D eigenvalue weighted by molar-refractivity contribution is -0.0212. The molecule has 4 nitrogen and oxygen atoms in total. The van der Waals surface area contributed by atoms with Gasteiger partial charge in [-0.1, -0.05) is 23.7 Å². The zero-order chi connectivity index (χ0) is 20.8. The maximum absolute atomic E-state index is 14.8. The van der Waals surface area contributed by atoms with Gasteiger partial charge in [-0.3, -0.25) is 0 Å². The van der Waals surface area contributed by atoms with Crippen molar-refractivity contribution in [2.24, 2.45) is 5.41 Å². The van der Waals surface area contributed by atoms with Gasteiger partial charge in [-0.05, 0) is 48.8 Å². The number of hydrogen-bond acceptors (Lipinski definition) is 4. The number of benzene rings is 2. The van der Waals surface area contributed by atoms with Crippen molar-refractivity contribution in [3.05, 3.63) is 57.6 Å². The standard InChI is InChI=1S/C22H24ClF2NO3/c1-12-2-3-13(15(23)6-12)7-14-20(25)16(24)8-19-21(14)26-11-22(4-5-22)9-17(27)18(28)10-29-19/h2-3,6,8,17-18,26-28H,4-5,7,9-11H2,1H3. The molecule has 29 heavy (non-hydrogen) atoms. The van der Waals surface area contributed by atoms with Crippen LogP contribution in [0.2, 0.25) is 5.02 Å². The first-order valence-corrected chi connectivity index (χ1v) is 10.1. The van der Waals surface area contributed by atoms with E-state index in [1.54, 1.807) is 12.1 Å². The summed E-state index contributed by atoms with van der Waals surface area (Å²) in [5.41, 5.74) is 2.01. The monoisotopic (exact) mass is 423 g/mol. The molecule has 2 aromatic rings. The van der Waals surface area contributed by atoms with E-state index in [-0.39, 0.29) is 29.8 Å². The van der Waals surface area contributed by atoms with Crippen molar-refractivity contribution in [1.29, 1.82) is 0 Å². The lowest BCUT2D eigenvalue weighted by atomic mass is 9.94. The Bertz CT molecular complexity index is 933. The normalized spacial score (nSPS) is 23.1. The molecule has 2 aliphatic rings. The predicted molar refractivity (Wildman–Crippen MR) is 108 cm³/mol. The molecule has 4 rings (SSSR count). The van der Waals surface area contributed by atoms with Crippen LogP contribution in [-0.4, -0.2) is 35.6 Å². The zero-order valence-corrected chi connectivity index (χ0v) is 16.9. The molecule has 1 aliphatic heterocycles. The summed E-state index contributed by atoms with van der Waals surface area (Å²) in [6.45, 7) is 2.18. The molecule has 1 heterocycles. The van der Waals surface area contributed by atoms with Gasteiger partial charge in [-0.25, -0.2) is 8.78 Å². The Morgan fingerprint density at radius 3 is 2.66 bits per heavy atom. The van der Waals surface area contributed by atoms with Gasteiger partial charge >= 0.3 is 0 Å². The van der Waals surface area contributed by atoms with Gasteiger partial charge in [0.15, 0.2) is 11.6 Å². The summed E-state index contributed by atoms with van der Waals surface area (Å²) >= 11 is 6.32. The Morgan fingerprint density at radius 1 is 1.21 bits per heavy atom. The Balaban J connectivity index is 1.75. The van der Waals surface area contributed by atoms with Crippen LogP contribution < -0.4 is 10.1 Å². The van der Waals surface area contributed by atoms with Gasteiger partial charge in [-0.15, -0.1) is 0 Å². The number of aliphatic hydroxyl groups excluding tert-OH is 2. The van der Waals surface area contributed by atoms with E-state index in [0.717, 1.165) is 24.5 Å². The Hall–Kier alpha value is -1.89. The Kier molecular flexibility index (Phi) is 5.44. The Labute approximate surface area is 173 Å². The highest BCUT2D eigenvalue weighted by molar-refractivity contribution is 6.31. The third kappa shape index (κ3) is 4.20. The third-order valence-corrected chi connectivity index (χ3v) is 6.30. The number of rotatable bonds is 2. The van der Waals surface area contributed by atoms with Crippen LogP contribution in [0.1, 0.15) is 36.0 Å². The number of nitrogens with one attached hydrogen (secondary N) is 1. The quantitative estimate of drug-likeness (QED) is 0.677. The fraction of sp³-hybridized carbons (Fsp3) is 0.455. The van der Waals surface area contributed by atoms with Gasteiger partial charge in [0.05, 0.1) is 11.8 Å². The first-order valence-electron chi connectivity index (χ1n) is 9.77. The van der Waals surface area contributed by atoms with Crippen molar-refractivity contribution >= 4 is 17.3 Å². The molecule has 1 saturated carbocycles. The third-order valence-electron chi connectivity index (χ3n) is 5.95. The number of fused-ring (bicyclic) bond motifs is 1. The molecule has 2 unspecified atom stereocenters. The van der Waals surface area contributed by atoms with E-state index >= 15 is 0 Å². The highest BCUT2D eigenvalue weighted by Gasteiger charge is 2.45. The van der Waals surface area contributed by atoms with Gasteiger partial charge in [0.25, 0.3) is 0 Å². The topological polar surface area (TPSA) is 61.7 Å². The molecule has 3 N–H and O–H groups in total. The maximum Gasteiger partial charge on any atom is 0.164 e. The minimum Gasteiger partial charge on any atom is -0.488 e. The van der Waals surface area contributed by atoms with Gasteiger partial charge in [-0.2, -0.15) is 0 Å². The second kappa shape index (κ2) is 7.74. The molecule has 0 saturated heterocycles. The van der Waals surface area contributed by atoms with Crippen molar-refractivity contribution in [3.63, 3.8) is 0 Å². The molecule has 2 atom stereocenters. The molecule has 0 aromatic heterocycles. The average molecular weight is 424 g/mol. The summed E-state index contributed by atoms with van der Waals surface area (Å²) in [5.74, 6) is -1.86. The minimum absolute atomic E-state index is 0.0968. The van der Waals surface area contributed by atoms with Crippen LogP contribution in [0.5, 0.6) is 5.75 Å². The van der Waals surface area contributed by atoms with E-state index in [1.807, 2.05) is 13.0 Å². The molecule has 1 spiro atoms. The van der Waals surface area contributed by atoms with E-state index in [2.05, 4.69) is 5.32 Å². The van der Waals surface area contributed by atoms with Gasteiger partial charge < -0.3 is 20.3 Å². The first kappa shape index (κ1) is 20.4. The molecular formula is C22H24ClF2NO3. The molecule has 0 bridgehead atoms. The first-order chi connectivity index (χ1) is 13.8. The molecule has 2 aromatic carbocycles. The summed E-state index contributed by atoms with van der Waals surface area (Å²) < 4.78 is 34.8. The minimum atomic E-state index is -1.10. The molecule has 7 heteroatoms. The van der Waals surface area contributed by atoms with Crippen molar-refractivity contribution in [3.8, 4) is 5.75 Å². The fourth-order valence-electron chi connectivity index (χ4n) is 3.88. The summed E-state index contributed by atoms with van der Waals surface area (Å²) in [4.78, 5) is 0. The molecular weight excluding hydrogens is 400 g/mol. The van der Waals surface area contributed by atoms with Crippen molar-refractivity contribution in [2.45, 2.75) is 44.8 Å². The SMILES string of the molecule is Cc1ccc(Cc2c(F)c(F)cc3c2NCC2(CC2)CC(O)C(O)CO3)c(Cl)c1. The number of hydrogen-bond donors (Lipinski definition) is 3. The summed E-state index contributed by atoms with van der Waals surface area (Å²) in [7, 11) is 0. The number of halogens is 3. The van der Waals surface area contributed by atoms with Crippen LogP contribution in [0, 0.1) is 24.0 Å². The highest BCUT2D eigenvalue weighted by Crippen LogP contribution is 2.51. The molecule has 0 amide bonds. The summed E-state index contributed by atoms with van der Waals surface area (Å²) in [6.07, 6.45) is 0.326. The van der Waals surface area contributed by atoms with Crippen LogP contribution in [0.3, 0.4) is 0 Å². The summed E-state index contributed by atoms with van der Waals surface area (Å²) in [6, 6.07) is 6.45. The van der Waals surface area contributed by atoms with Crippen LogP contribution in [0.15, 0.2) is 24.3 Å². The maximum atomic E-state index is 14.8. The van der Waals surface area contributed by atoms with Crippen LogP contribution in [-0.2, 0) is 6.42 Å². The van der Waals surface area contributed by atoms with Crippen LogP contribution in [0.4, 0.5) is 14.5 Å². The van der Waals surface area contributed by atoms with Crippen molar-refractivity contribution < 1.29 is 23.7 Å². The smallest absolute Gasteiger partial charge is 0.164 e. The zero-order valence-electron chi connectivity index (χ0n) is 16.1. The molecule has 1 aliphatic carbocycles. The number of aryl methyl sites for hydroxylation is 1. The second-order valence-corrected chi connectivity index (χ2v) is 8.71. The number of anilines is 1. The molecule has 0 radical (unpaired) electrons. The number of ether oxygens (including phenoxy) is 1. The average Bonchev–Trinajstić information content (AvgIpc) is 3.43. The van der Waals surface area contributed by atoms with E-state index in [9.17, 15) is 19.0 Å². The highest BCUT2D eigenvalue weighted by atomic mass is 35.5. The molecule has 1 fully saturated rings. The molecule has 156 valence electrons. The van der Waals surface area contributed by atoms with Crippen LogP contribution in [0.25, 0.3) is 0 Å². The Morgan fingerprint density at radius 2 is 1.97 bits per heavy atom. The lowest BCUT2D eigenvalue weighted by Crippen LogP contribution is -2.36. The van der Waals surface area contributed by atoms with E-state index in [1.165, 1.54) is 0 Å². The van der Waals surface area contributed by atoms with Gasteiger partial charge in [0.1, 0.15) is 18.5 Å². The van der Waals surface area contributed by atoms with E-state index in [0.29, 0.717) is 29.2 Å². The summed E-state index contributed by atoms with van der Waals surface area (Å²) in [5, 5.41) is 24.1.